The summed E-state index contributed by atoms with van der Waals surface area (Å²) in [5.74, 6) is -8.11. The zero-order chi connectivity index (χ0) is 24.4. The van der Waals surface area contributed by atoms with Crippen molar-refractivity contribution in [2.75, 3.05) is 0 Å². The van der Waals surface area contributed by atoms with Crippen LogP contribution >= 0.6 is 0 Å². The maximum Gasteiger partial charge on any atom is 0.408 e. The zero-order valence-electron chi connectivity index (χ0n) is 18.1. The van der Waals surface area contributed by atoms with Crippen molar-refractivity contribution in [3.8, 4) is 0 Å². The Morgan fingerprint density at radius 2 is 1.81 bits per heavy atom. The number of ether oxygens (including phenoxy) is 3. The van der Waals surface area contributed by atoms with E-state index in [1.807, 2.05) is 0 Å². The smallest absolute Gasteiger partial charge is 0.408 e. The number of benzene rings is 1. The highest BCUT2D eigenvalue weighted by Crippen LogP contribution is 2.26. The summed E-state index contributed by atoms with van der Waals surface area (Å²) in [6.07, 6.45) is -1.43. The molecule has 1 amide bonds. The molecule has 174 valence electrons. The maximum absolute atomic E-state index is 14.0. The molecule has 1 N–H and O–H groups in total. The summed E-state index contributed by atoms with van der Waals surface area (Å²) in [4.78, 5) is 59.7. The molecule has 0 aliphatic carbocycles. The summed E-state index contributed by atoms with van der Waals surface area (Å²) < 4.78 is 29.0. The molecule has 0 radical (unpaired) electrons. The fourth-order valence-corrected chi connectivity index (χ4v) is 2.89. The van der Waals surface area contributed by atoms with Crippen LogP contribution in [0.2, 0.25) is 0 Å². The summed E-state index contributed by atoms with van der Waals surface area (Å²) in [5, 5.41) is 13.1. The third kappa shape index (κ3) is 6.22. The van der Waals surface area contributed by atoms with Gasteiger partial charge in [0, 0.05) is 26.3 Å². The molecule has 32 heavy (non-hydrogen) atoms. The van der Waals surface area contributed by atoms with Gasteiger partial charge in [-0.05, 0) is 32.4 Å². The Morgan fingerprint density at radius 3 is 2.28 bits per heavy atom. The van der Waals surface area contributed by atoms with E-state index < -0.39 is 70.0 Å². The number of nitro benzene ring substituents is 1. The zero-order valence-corrected chi connectivity index (χ0v) is 18.1. The molecule has 12 heteroatoms. The van der Waals surface area contributed by atoms with Crippen LogP contribution < -0.4 is 5.32 Å². The number of cyclic esters (lactones) is 2. The number of esters is 2. The van der Waals surface area contributed by atoms with Crippen LogP contribution in [0.3, 0.4) is 0 Å². The Balaban J connectivity index is 2.34. The molecule has 1 atom stereocenters. The van der Waals surface area contributed by atoms with E-state index in [0.717, 1.165) is 12.1 Å². The molecule has 0 bridgehead atoms. The molecule has 1 heterocycles. The Kier molecular flexibility index (Phi) is 6.86. The highest BCUT2D eigenvalue weighted by atomic mass is 19.1. The van der Waals surface area contributed by atoms with Crippen LogP contribution in [0.1, 0.15) is 40.2 Å². The Hall–Kier alpha value is -3.57. The van der Waals surface area contributed by atoms with Crippen molar-refractivity contribution < 1.29 is 42.7 Å². The Bertz CT molecular complexity index is 948. The second-order valence-electron chi connectivity index (χ2n) is 8.52. The predicted molar refractivity (Wildman–Crippen MR) is 105 cm³/mol. The molecule has 0 spiro atoms. The van der Waals surface area contributed by atoms with E-state index in [0.29, 0.717) is 0 Å². The molecule has 1 fully saturated rings. The Morgan fingerprint density at radius 1 is 1.25 bits per heavy atom. The van der Waals surface area contributed by atoms with Gasteiger partial charge in [0.25, 0.3) is 5.79 Å². The number of nitro groups is 1. The molecule has 1 aliphatic heterocycles. The van der Waals surface area contributed by atoms with Gasteiger partial charge >= 0.3 is 23.7 Å². The first-order valence-electron chi connectivity index (χ1n) is 9.51. The standard InChI is InChI=1S/C20H23FN2O9/c1-19(2,3)32-18(27)22-12(9-10-6-7-13(23(28)29)11(21)8-10)15(24)14-16(25)30-20(4,5)31-17(14)26/h6-8,12,14H,9H2,1-5H3,(H,22,27). The number of Topliss-reactive ketones (excluding diaryl/α,β-unsaturated/α-hetero) is 1. The summed E-state index contributed by atoms with van der Waals surface area (Å²) in [6.45, 7) is 7.34. The van der Waals surface area contributed by atoms with Crippen molar-refractivity contribution in [3.63, 3.8) is 0 Å². The quantitative estimate of drug-likeness (QED) is 0.295. The SMILES string of the molecule is CC(C)(C)OC(=O)NC(Cc1ccc([N+](=O)[O-])c(F)c1)C(=O)C1C(=O)OC(C)(C)OC1=O. The first kappa shape index (κ1) is 24.7. The predicted octanol–water partition coefficient (Wildman–Crippen LogP) is 2.19. The number of carbonyl (C=O) groups excluding carboxylic acids is 4. The second kappa shape index (κ2) is 8.89. The van der Waals surface area contributed by atoms with Crippen molar-refractivity contribution in [2.24, 2.45) is 5.92 Å². The summed E-state index contributed by atoms with van der Waals surface area (Å²) in [7, 11) is 0. The van der Waals surface area contributed by atoms with Crippen molar-refractivity contribution in [2.45, 2.75) is 58.5 Å². The van der Waals surface area contributed by atoms with Crippen LogP contribution in [0, 0.1) is 21.8 Å². The minimum Gasteiger partial charge on any atom is -0.444 e. The lowest BCUT2D eigenvalue weighted by Crippen LogP contribution is -2.55. The van der Waals surface area contributed by atoms with Crippen LogP contribution in [-0.2, 0) is 35.0 Å². The van der Waals surface area contributed by atoms with E-state index in [4.69, 9.17) is 14.2 Å². The normalized spacial score (nSPS) is 17.1. The van der Waals surface area contributed by atoms with Gasteiger partial charge in [0.1, 0.15) is 5.60 Å². The molecule has 0 aromatic heterocycles. The van der Waals surface area contributed by atoms with Crippen molar-refractivity contribution in [3.05, 3.63) is 39.7 Å². The Labute approximate surface area is 182 Å². The number of nitrogens with one attached hydrogen (secondary N) is 1. The van der Waals surface area contributed by atoms with E-state index in [1.165, 1.54) is 19.9 Å². The molecule has 1 unspecified atom stereocenters. The fraction of sp³-hybridized carbons (Fsp3) is 0.500. The number of ketones is 1. The van der Waals surface area contributed by atoms with Crippen molar-refractivity contribution in [1.29, 1.82) is 0 Å². The van der Waals surface area contributed by atoms with Gasteiger partial charge in [-0.1, -0.05) is 6.07 Å². The number of hydrogen-bond donors (Lipinski definition) is 1. The van der Waals surface area contributed by atoms with Gasteiger partial charge in [0.05, 0.1) is 11.0 Å². The lowest BCUT2D eigenvalue weighted by molar-refractivity contribution is -0.387. The van der Waals surface area contributed by atoms with E-state index in [1.54, 1.807) is 20.8 Å². The van der Waals surface area contributed by atoms with Gasteiger partial charge in [-0.3, -0.25) is 24.5 Å². The average molecular weight is 454 g/mol. The van der Waals surface area contributed by atoms with Crippen LogP contribution in [0.15, 0.2) is 18.2 Å². The van der Waals surface area contributed by atoms with Gasteiger partial charge in [-0.15, -0.1) is 0 Å². The highest BCUT2D eigenvalue weighted by molar-refractivity contribution is 6.17. The van der Waals surface area contributed by atoms with Gasteiger partial charge in [-0.2, -0.15) is 4.39 Å². The van der Waals surface area contributed by atoms with Crippen LogP contribution in [0.25, 0.3) is 0 Å². The minimum atomic E-state index is -1.98. The number of nitrogens with zero attached hydrogens (tertiary/aromatic N) is 1. The second-order valence-corrected chi connectivity index (χ2v) is 8.52. The van der Waals surface area contributed by atoms with Crippen molar-refractivity contribution in [1.82, 2.24) is 5.32 Å². The summed E-state index contributed by atoms with van der Waals surface area (Å²) in [5.41, 5.74) is -1.62. The molecule has 1 aliphatic rings. The summed E-state index contributed by atoms with van der Waals surface area (Å²) in [6, 6.07) is 1.36. The van der Waals surface area contributed by atoms with E-state index >= 15 is 0 Å². The first-order chi connectivity index (χ1) is 14.6. The maximum atomic E-state index is 14.0. The fourth-order valence-electron chi connectivity index (χ4n) is 2.89. The first-order valence-corrected chi connectivity index (χ1v) is 9.51. The molecule has 1 aromatic carbocycles. The van der Waals surface area contributed by atoms with Gasteiger partial charge in [0.15, 0.2) is 5.78 Å². The molecule has 0 saturated carbocycles. The van der Waals surface area contributed by atoms with Crippen molar-refractivity contribution >= 4 is 29.5 Å². The number of carbonyl (C=O) groups is 4. The number of amides is 1. The lowest BCUT2D eigenvalue weighted by Gasteiger charge is -2.33. The number of alkyl carbamates (subject to hydrolysis) is 1. The van der Waals surface area contributed by atoms with Crippen LogP contribution in [-0.4, -0.2) is 46.2 Å². The molecule has 11 nitrogen and oxygen atoms in total. The lowest BCUT2D eigenvalue weighted by atomic mass is 9.92. The topological polar surface area (TPSA) is 151 Å². The summed E-state index contributed by atoms with van der Waals surface area (Å²) >= 11 is 0. The third-order valence-electron chi connectivity index (χ3n) is 4.13. The molecular weight excluding hydrogens is 431 g/mol. The molecule has 2 rings (SSSR count). The number of hydrogen-bond acceptors (Lipinski definition) is 9. The van der Waals surface area contributed by atoms with Gasteiger partial charge in [0.2, 0.25) is 11.7 Å². The van der Waals surface area contributed by atoms with Crippen LogP contribution in [0.4, 0.5) is 14.9 Å². The monoisotopic (exact) mass is 454 g/mol. The van der Waals surface area contributed by atoms with Gasteiger partial charge in [-0.25, -0.2) is 4.79 Å². The largest absolute Gasteiger partial charge is 0.444 e. The number of halogens is 1. The van der Waals surface area contributed by atoms with E-state index in [9.17, 15) is 33.7 Å². The molecule has 1 saturated heterocycles. The molecule has 1 aromatic rings. The van der Waals surface area contributed by atoms with Crippen LogP contribution in [0.5, 0.6) is 0 Å². The number of rotatable bonds is 6. The average Bonchev–Trinajstić information content (AvgIpc) is 2.57. The minimum absolute atomic E-state index is 0.0837. The third-order valence-corrected chi connectivity index (χ3v) is 4.13. The molecular formula is C20H23FN2O9. The van der Waals surface area contributed by atoms with Gasteiger partial charge < -0.3 is 19.5 Å². The van der Waals surface area contributed by atoms with E-state index in [2.05, 4.69) is 5.32 Å². The highest BCUT2D eigenvalue weighted by Gasteiger charge is 2.49. The van der Waals surface area contributed by atoms with E-state index in [-0.39, 0.29) is 5.56 Å².